The first kappa shape index (κ1) is 15.4. The van der Waals surface area contributed by atoms with E-state index in [1.54, 1.807) is 0 Å². The van der Waals surface area contributed by atoms with Gasteiger partial charge in [0.05, 0.1) is 11.5 Å². The summed E-state index contributed by atoms with van der Waals surface area (Å²) >= 11 is 0. The molecule has 0 unspecified atom stereocenters. The van der Waals surface area contributed by atoms with Gasteiger partial charge in [-0.15, -0.1) is 0 Å². The molecule has 0 saturated carbocycles. The summed E-state index contributed by atoms with van der Waals surface area (Å²) in [5.74, 6) is -0.622. The second kappa shape index (κ2) is 5.77. The van der Waals surface area contributed by atoms with Crippen molar-refractivity contribution in [2.75, 3.05) is 13.2 Å². The molecule has 7 heteroatoms. The third kappa shape index (κ3) is 3.35. The maximum Gasteiger partial charge on any atom is 0.241 e. The fourth-order valence-corrected chi connectivity index (χ4v) is 3.66. The lowest BCUT2D eigenvalue weighted by Crippen LogP contribution is -2.49. The monoisotopic (exact) mass is 303 g/mol. The van der Waals surface area contributed by atoms with E-state index in [9.17, 15) is 12.8 Å². The van der Waals surface area contributed by atoms with Gasteiger partial charge in [-0.25, -0.2) is 17.5 Å². The van der Waals surface area contributed by atoms with E-state index < -0.39 is 28.0 Å². The van der Waals surface area contributed by atoms with Gasteiger partial charge in [-0.2, -0.15) is 0 Å². The van der Waals surface area contributed by atoms with Crippen LogP contribution in [-0.4, -0.2) is 32.3 Å². The summed E-state index contributed by atoms with van der Waals surface area (Å²) in [7, 11) is -3.75. The molecule has 0 amide bonds. The number of hydrogen-bond donors (Lipinski definition) is 2. The Morgan fingerprint density at radius 1 is 1.40 bits per heavy atom. The predicted molar refractivity (Wildman–Crippen MR) is 71.1 cm³/mol. The molecule has 0 aromatic heterocycles. The maximum absolute atomic E-state index is 13.3. The van der Waals surface area contributed by atoms with Crippen LogP contribution in [0.2, 0.25) is 0 Å². The Labute approximate surface area is 117 Å². The lowest BCUT2D eigenvalue weighted by atomic mass is 9.94. The maximum atomic E-state index is 13.3. The Balaban J connectivity index is 2.26. The number of halogens is 1. The molecule has 1 heterocycles. The first-order valence-corrected chi connectivity index (χ1v) is 7.86. The third-order valence-corrected chi connectivity index (χ3v) is 5.11. The van der Waals surface area contributed by atoms with Gasteiger partial charge in [0.15, 0.2) is 0 Å². The molecule has 0 aliphatic carbocycles. The van der Waals surface area contributed by atoms with Crippen LogP contribution in [0.15, 0.2) is 23.1 Å². The molecule has 0 atom stereocenters. The van der Waals surface area contributed by atoms with Crippen molar-refractivity contribution >= 4 is 10.0 Å². The molecule has 112 valence electrons. The number of sulfonamides is 1. The van der Waals surface area contributed by atoms with Gasteiger partial charge in [0.1, 0.15) is 5.82 Å². The summed E-state index contributed by atoms with van der Waals surface area (Å²) in [5.41, 5.74) is -0.602. The van der Waals surface area contributed by atoms with Crippen molar-refractivity contribution in [2.45, 2.75) is 36.8 Å². The van der Waals surface area contributed by atoms with Gasteiger partial charge in [0, 0.05) is 24.3 Å². The van der Waals surface area contributed by atoms with E-state index in [4.69, 9.17) is 9.84 Å². The summed E-state index contributed by atoms with van der Waals surface area (Å²) in [4.78, 5) is -0.0457. The SMILES string of the molecule is CC1(NS(=O)(=O)c2ccc(F)c(CO)c2)CCOCC1. The molecular weight excluding hydrogens is 285 g/mol. The molecule has 20 heavy (non-hydrogen) atoms. The number of rotatable bonds is 4. The summed E-state index contributed by atoms with van der Waals surface area (Å²) in [6.45, 7) is 2.29. The zero-order valence-corrected chi connectivity index (χ0v) is 12.0. The van der Waals surface area contributed by atoms with E-state index in [0.717, 1.165) is 12.1 Å². The van der Waals surface area contributed by atoms with Crippen molar-refractivity contribution in [2.24, 2.45) is 0 Å². The highest BCUT2D eigenvalue weighted by Crippen LogP contribution is 2.23. The second-order valence-electron chi connectivity index (χ2n) is 5.19. The first-order chi connectivity index (χ1) is 9.36. The highest BCUT2D eigenvalue weighted by atomic mass is 32.2. The number of hydrogen-bond acceptors (Lipinski definition) is 4. The van der Waals surface area contributed by atoms with Crippen molar-refractivity contribution in [1.29, 1.82) is 0 Å². The fraction of sp³-hybridized carbons (Fsp3) is 0.538. The Morgan fingerprint density at radius 3 is 2.65 bits per heavy atom. The largest absolute Gasteiger partial charge is 0.392 e. The summed E-state index contributed by atoms with van der Waals surface area (Å²) in [5, 5.41) is 9.01. The first-order valence-electron chi connectivity index (χ1n) is 6.37. The highest BCUT2D eigenvalue weighted by Gasteiger charge is 2.32. The molecule has 5 nitrogen and oxygen atoms in total. The van der Waals surface area contributed by atoms with E-state index in [-0.39, 0.29) is 10.5 Å². The van der Waals surface area contributed by atoms with Gasteiger partial charge >= 0.3 is 0 Å². The van der Waals surface area contributed by atoms with Crippen molar-refractivity contribution in [1.82, 2.24) is 4.72 Å². The van der Waals surface area contributed by atoms with Crippen LogP contribution in [0.3, 0.4) is 0 Å². The van der Waals surface area contributed by atoms with Gasteiger partial charge in [-0.05, 0) is 38.0 Å². The summed E-state index contributed by atoms with van der Waals surface area (Å²) in [6.07, 6.45) is 1.17. The molecule has 0 radical (unpaired) electrons. The lowest BCUT2D eigenvalue weighted by Gasteiger charge is -2.34. The molecule has 1 saturated heterocycles. The second-order valence-corrected chi connectivity index (χ2v) is 6.87. The summed E-state index contributed by atoms with van der Waals surface area (Å²) < 4.78 is 45.8. The standard InChI is InChI=1S/C13H18FNO4S/c1-13(4-6-19-7-5-13)15-20(17,18)11-2-3-12(14)10(8-11)9-16/h2-3,8,15-16H,4-7,9H2,1H3. The molecule has 1 aromatic rings. The molecule has 1 aromatic carbocycles. The van der Waals surface area contributed by atoms with Crippen molar-refractivity contribution < 1.29 is 22.7 Å². The predicted octanol–water partition coefficient (Wildman–Crippen LogP) is 1.17. The average molecular weight is 303 g/mol. The number of aliphatic hydroxyl groups excluding tert-OH is 1. The minimum absolute atomic E-state index is 0.0370. The topological polar surface area (TPSA) is 75.6 Å². The number of aliphatic hydroxyl groups is 1. The van der Waals surface area contributed by atoms with Crippen LogP contribution in [0.1, 0.15) is 25.3 Å². The van der Waals surface area contributed by atoms with E-state index in [0.29, 0.717) is 26.1 Å². The highest BCUT2D eigenvalue weighted by molar-refractivity contribution is 7.89. The summed E-state index contributed by atoms with van der Waals surface area (Å²) in [6, 6.07) is 3.40. The lowest BCUT2D eigenvalue weighted by molar-refractivity contribution is 0.0537. The van der Waals surface area contributed by atoms with E-state index in [2.05, 4.69) is 4.72 Å². The zero-order chi connectivity index (χ0) is 14.8. The van der Waals surface area contributed by atoms with Gasteiger partial charge in [0.2, 0.25) is 10.0 Å². The molecule has 0 bridgehead atoms. The number of ether oxygens (including phenoxy) is 1. The van der Waals surface area contributed by atoms with Gasteiger partial charge in [0.25, 0.3) is 0 Å². The molecule has 2 N–H and O–H groups in total. The van der Waals surface area contributed by atoms with Crippen LogP contribution in [0, 0.1) is 5.82 Å². The van der Waals surface area contributed by atoms with Crippen molar-refractivity contribution in [3.05, 3.63) is 29.6 Å². The van der Waals surface area contributed by atoms with E-state index in [1.165, 1.54) is 6.07 Å². The van der Waals surface area contributed by atoms with Gasteiger partial charge < -0.3 is 9.84 Å². The Hall–Kier alpha value is -1.02. The van der Waals surface area contributed by atoms with E-state index in [1.807, 2.05) is 6.92 Å². The zero-order valence-electron chi connectivity index (χ0n) is 11.2. The smallest absolute Gasteiger partial charge is 0.241 e. The molecule has 0 spiro atoms. The molecular formula is C13H18FNO4S. The van der Waals surface area contributed by atoms with Gasteiger partial charge in [-0.1, -0.05) is 0 Å². The number of benzene rings is 1. The molecule has 1 fully saturated rings. The fourth-order valence-electron chi connectivity index (χ4n) is 2.15. The third-order valence-electron chi connectivity index (χ3n) is 3.47. The Morgan fingerprint density at radius 2 is 2.05 bits per heavy atom. The average Bonchev–Trinajstić information content (AvgIpc) is 2.38. The van der Waals surface area contributed by atoms with E-state index >= 15 is 0 Å². The van der Waals surface area contributed by atoms with Crippen molar-refractivity contribution in [3.8, 4) is 0 Å². The number of nitrogens with one attached hydrogen (secondary N) is 1. The molecule has 1 aliphatic heterocycles. The van der Waals surface area contributed by atoms with Gasteiger partial charge in [-0.3, -0.25) is 0 Å². The molecule has 2 rings (SSSR count). The normalized spacial score (nSPS) is 18.9. The Kier molecular flexibility index (Phi) is 4.43. The quantitative estimate of drug-likeness (QED) is 0.875. The van der Waals surface area contributed by atoms with Crippen LogP contribution in [0.5, 0.6) is 0 Å². The van der Waals surface area contributed by atoms with Crippen LogP contribution in [0.4, 0.5) is 4.39 Å². The minimum Gasteiger partial charge on any atom is -0.392 e. The molecule has 1 aliphatic rings. The van der Waals surface area contributed by atoms with Crippen LogP contribution in [-0.2, 0) is 21.4 Å². The Bertz CT molecular complexity index is 582. The minimum atomic E-state index is -3.75. The van der Waals surface area contributed by atoms with Crippen molar-refractivity contribution in [3.63, 3.8) is 0 Å². The van der Waals surface area contributed by atoms with Crippen LogP contribution >= 0.6 is 0 Å². The van der Waals surface area contributed by atoms with Crippen LogP contribution in [0.25, 0.3) is 0 Å². The van der Waals surface area contributed by atoms with Crippen LogP contribution < -0.4 is 4.72 Å².